The fourth-order valence-electron chi connectivity index (χ4n) is 1.89. The highest BCUT2D eigenvalue weighted by atomic mass is 35.5. The van der Waals surface area contributed by atoms with Gasteiger partial charge in [-0.3, -0.25) is 4.21 Å². The molecule has 0 aromatic heterocycles. The maximum atomic E-state index is 13.6. The average molecular weight is 342 g/mol. The van der Waals surface area contributed by atoms with Crippen LogP contribution in [0.5, 0.6) is 0 Å². The summed E-state index contributed by atoms with van der Waals surface area (Å²) >= 11 is 5.64. The lowest BCUT2D eigenvalue weighted by atomic mass is 10.2. The van der Waals surface area contributed by atoms with Crippen LogP contribution in [-0.2, 0) is 27.4 Å². The van der Waals surface area contributed by atoms with Crippen LogP contribution >= 0.6 is 11.6 Å². The summed E-state index contributed by atoms with van der Waals surface area (Å²) in [6, 6.07) is 1.99. The Bertz CT molecular complexity index is 640. The highest BCUT2D eigenvalue weighted by Gasteiger charge is 2.29. The second kappa shape index (κ2) is 6.07. The summed E-state index contributed by atoms with van der Waals surface area (Å²) < 4.78 is 50.7. The van der Waals surface area contributed by atoms with Crippen LogP contribution in [0.25, 0.3) is 0 Å². The first-order chi connectivity index (χ1) is 9.36. The minimum atomic E-state index is -3.87. The molecule has 1 fully saturated rings. The number of aliphatic hydroxyl groups is 1. The molecule has 1 aliphatic rings. The van der Waals surface area contributed by atoms with E-state index < -0.39 is 33.2 Å². The van der Waals surface area contributed by atoms with Gasteiger partial charge in [0.05, 0.1) is 16.5 Å². The lowest BCUT2D eigenvalue weighted by Gasteiger charge is -2.25. The molecular formula is C11H13ClFNO4S2. The molecule has 0 unspecified atom stereocenters. The van der Waals surface area contributed by atoms with E-state index in [0.29, 0.717) is 0 Å². The van der Waals surface area contributed by atoms with E-state index in [2.05, 4.69) is 0 Å². The Balaban J connectivity index is 2.39. The summed E-state index contributed by atoms with van der Waals surface area (Å²) in [6.45, 7) is -0.287. The minimum absolute atomic E-state index is 0.0193. The van der Waals surface area contributed by atoms with E-state index in [1.165, 1.54) is 0 Å². The standard InChI is InChI=1S/C11H13ClFNO4S2/c12-11-8(7-15)5-9(6-10(11)13)20(17,18)14-1-3-19(16)4-2-14/h5-6,15H,1-4,7H2. The van der Waals surface area contributed by atoms with Gasteiger partial charge < -0.3 is 5.11 Å². The third-order valence-corrected chi connectivity index (χ3v) is 6.60. The van der Waals surface area contributed by atoms with Crippen LogP contribution in [0.1, 0.15) is 5.56 Å². The van der Waals surface area contributed by atoms with Gasteiger partial charge in [-0.2, -0.15) is 4.31 Å². The minimum Gasteiger partial charge on any atom is -0.392 e. The van der Waals surface area contributed by atoms with Crippen LogP contribution in [0, 0.1) is 5.82 Å². The molecule has 112 valence electrons. The molecule has 20 heavy (non-hydrogen) atoms. The topological polar surface area (TPSA) is 74.7 Å². The predicted octanol–water partition coefficient (Wildman–Crippen LogP) is 0.724. The summed E-state index contributed by atoms with van der Waals surface area (Å²) in [5.41, 5.74) is 0.0193. The normalized spacial score (nSPS) is 18.4. The molecule has 9 heteroatoms. The lowest BCUT2D eigenvalue weighted by Crippen LogP contribution is -2.41. The molecule has 1 heterocycles. The Morgan fingerprint density at radius 2 is 1.95 bits per heavy atom. The summed E-state index contributed by atoms with van der Waals surface area (Å²) in [6.07, 6.45) is 0. The molecule has 0 amide bonds. The number of hydrogen-bond donors (Lipinski definition) is 1. The third-order valence-electron chi connectivity index (χ3n) is 3.02. The molecule has 0 bridgehead atoms. The highest BCUT2D eigenvalue weighted by Crippen LogP contribution is 2.26. The van der Waals surface area contributed by atoms with Crippen molar-refractivity contribution in [2.24, 2.45) is 0 Å². The molecule has 1 saturated heterocycles. The average Bonchev–Trinajstić information content (AvgIpc) is 2.42. The number of benzene rings is 1. The van der Waals surface area contributed by atoms with Crippen LogP contribution in [-0.4, -0.2) is 46.6 Å². The van der Waals surface area contributed by atoms with Gasteiger partial charge in [-0.05, 0) is 12.1 Å². The van der Waals surface area contributed by atoms with Gasteiger partial charge in [0.25, 0.3) is 0 Å². The van der Waals surface area contributed by atoms with Gasteiger partial charge in [0.2, 0.25) is 10.0 Å². The summed E-state index contributed by atoms with van der Waals surface area (Å²) in [5.74, 6) is -0.359. The van der Waals surface area contributed by atoms with Gasteiger partial charge in [0.15, 0.2) is 0 Å². The molecule has 0 radical (unpaired) electrons. The van der Waals surface area contributed by atoms with Gasteiger partial charge in [0.1, 0.15) is 5.82 Å². The largest absolute Gasteiger partial charge is 0.392 e. The zero-order chi connectivity index (χ0) is 14.9. The SMILES string of the molecule is O=S1CCN(S(=O)(=O)c2cc(F)c(Cl)c(CO)c2)CC1. The smallest absolute Gasteiger partial charge is 0.243 e. The Hall–Kier alpha value is -0.540. The molecule has 5 nitrogen and oxygen atoms in total. The number of halogens is 2. The van der Waals surface area contributed by atoms with E-state index >= 15 is 0 Å². The summed E-state index contributed by atoms with van der Waals surface area (Å²) in [5, 5.41) is 8.79. The van der Waals surface area contributed by atoms with Crippen LogP contribution in [0.4, 0.5) is 4.39 Å². The predicted molar refractivity (Wildman–Crippen MR) is 74.0 cm³/mol. The first-order valence-corrected chi connectivity index (χ1v) is 9.11. The molecule has 0 atom stereocenters. The van der Waals surface area contributed by atoms with E-state index in [4.69, 9.17) is 16.7 Å². The summed E-state index contributed by atoms with van der Waals surface area (Å²) in [4.78, 5) is -0.254. The third kappa shape index (κ3) is 3.04. The van der Waals surface area contributed by atoms with Crippen molar-refractivity contribution in [3.63, 3.8) is 0 Å². The van der Waals surface area contributed by atoms with Crippen LogP contribution < -0.4 is 0 Å². The Morgan fingerprint density at radius 1 is 1.35 bits per heavy atom. The van der Waals surface area contributed by atoms with E-state index in [0.717, 1.165) is 16.4 Å². The Kier molecular flexibility index (Phi) is 4.80. The number of aliphatic hydroxyl groups excluding tert-OH is 1. The van der Waals surface area contributed by atoms with Crippen LogP contribution in [0.3, 0.4) is 0 Å². The zero-order valence-corrected chi connectivity index (χ0v) is 12.8. The number of nitrogens with zero attached hydrogens (tertiary/aromatic N) is 1. The fraction of sp³-hybridized carbons (Fsp3) is 0.455. The maximum absolute atomic E-state index is 13.6. The van der Waals surface area contributed by atoms with Crippen molar-refractivity contribution in [3.05, 3.63) is 28.5 Å². The van der Waals surface area contributed by atoms with E-state index in [-0.39, 0.29) is 40.1 Å². The summed E-state index contributed by atoms with van der Waals surface area (Å²) in [7, 11) is -4.88. The fourth-order valence-corrected chi connectivity index (χ4v) is 4.85. The number of sulfonamides is 1. The number of rotatable bonds is 3. The van der Waals surface area contributed by atoms with Crippen molar-refractivity contribution < 1.29 is 22.1 Å². The van der Waals surface area contributed by atoms with Crippen LogP contribution in [0.15, 0.2) is 17.0 Å². The van der Waals surface area contributed by atoms with Crippen molar-refractivity contribution in [2.45, 2.75) is 11.5 Å². The quantitative estimate of drug-likeness (QED) is 0.879. The van der Waals surface area contributed by atoms with E-state index in [1.54, 1.807) is 0 Å². The van der Waals surface area contributed by atoms with Gasteiger partial charge in [-0.15, -0.1) is 0 Å². The molecular weight excluding hydrogens is 329 g/mol. The molecule has 0 saturated carbocycles. The number of hydrogen-bond acceptors (Lipinski definition) is 4. The first kappa shape index (κ1) is 15.8. The molecule has 0 aliphatic carbocycles. The zero-order valence-electron chi connectivity index (χ0n) is 10.4. The van der Waals surface area contributed by atoms with E-state index in [9.17, 15) is 17.0 Å². The monoisotopic (exact) mass is 341 g/mol. The Morgan fingerprint density at radius 3 is 2.50 bits per heavy atom. The van der Waals surface area contributed by atoms with Crippen molar-refractivity contribution >= 4 is 32.4 Å². The Labute approximate surface area is 123 Å². The lowest BCUT2D eigenvalue weighted by molar-refractivity contribution is 0.281. The molecule has 1 aromatic carbocycles. The molecule has 2 rings (SSSR count). The van der Waals surface area contributed by atoms with Crippen molar-refractivity contribution in [1.82, 2.24) is 4.31 Å². The first-order valence-electron chi connectivity index (χ1n) is 5.80. The van der Waals surface area contributed by atoms with Crippen LogP contribution in [0.2, 0.25) is 5.02 Å². The van der Waals surface area contributed by atoms with E-state index in [1.807, 2.05) is 0 Å². The second-order valence-corrected chi connectivity index (χ2v) is 8.30. The highest BCUT2D eigenvalue weighted by molar-refractivity contribution is 7.89. The van der Waals surface area contributed by atoms with Gasteiger partial charge >= 0.3 is 0 Å². The second-order valence-electron chi connectivity index (χ2n) is 4.29. The van der Waals surface area contributed by atoms with Gasteiger partial charge in [-0.25, -0.2) is 12.8 Å². The molecule has 1 aliphatic heterocycles. The van der Waals surface area contributed by atoms with Crippen molar-refractivity contribution in [1.29, 1.82) is 0 Å². The molecule has 0 spiro atoms. The molecule has 1 aromatic rings. The van der Waals surface area contributed by atoms with Gasteiger partial charge in [0, 0.05) is 41.0 Å². The van der Waals surface area contributed by atoms with Crippen molar-refractivity contribution in [3.8, 4) is 0 Å². The van der Waals surface area contributed by atoms with Crippen molar-refractivity contribution in [2.75, 3.05) is 24.6 Å². The molecule has 1 N–H and O–H groups in total. The van der Waals surface area contributed by atoms with Gasteiger partial charge in [-0.1, -0.05) is 11.6 Å². The maximum Gasteiger partial charge on any atom is 0.243 e.